The van der Waals surface area contributed by atoms with Crippen LogP contribution in [0.3, 0.4) is 0 Å². The monoisotopic (exact) mass is 640 g/mol. The lowest BCUT2D eigenvalue weighted by atomic mass is 9.88. The number of hydrogen-bond donors (Lipinski definition) is 1. The predicted molar refractivity (Wildman–Crippen MR) is 175 cm³/mol. The first-order chi connectivity index (χ1) is 21.8. The molecule has 46 heavy (non-hydrogen) atoms. The quantitative estimate of drug-likeness (QED) is 0.217. The molecule has 1 aliphatic rings. The number of aromatic nitrogens is 2. The van der Waals surface area contributed by atoms with Gasteiger partial charge in [0.1, 0.15) is 23.0 Å². The number of fused-ring (bicyclic) bond motifs is 6. The van der Waals surface area contributed by atoms with Crippen LogP contribution in [0, 0.1) is 11.6 Å². The van der Waals surface area contributed by atoms with Crippen LogP contribution in [-0.2, 0) is 22.0 Å². The summed E-state index contributed by atoms with van der Waals surface area (Å²) in [6.07, 6.45) is 1.74. The van der Waals surface area contributed by atoms with Crippen LogP contribution in [0.1, 0.15) is 29.8 Å². The Morgan fingerprint density at radius 2 is 1.76 bits per heavy atom. The molecule has 0 bridgehead atoms. The molecule has 0 atom stereocenters. The number of halogens is 2. The molecule has 3 aromatic carbocycles. The third-order valence-corrected chi connectivity index (χ3v) is 9.91. The van der Waals surface area contributed by atoms with E-state index >= 15 is 0 Å². The minimum Gasteiger partial charge on any atom is -0.455 e. The van der Waals surface area contributed by atoms with Gasteiger partial charge in [-0.1, -0.05) is 12.1 Å². The molecule has 1 amide bonds. The van der Waals surface area contributed by atoms with Crippen LogP contribution in [0.25, 0.3) is 55.8 Å². The Bertz CT molecular complexity index is 2340. The summed E-state index contributed by atoms with van der Waals surface area (Å²) < 4.78 is 63.9. The van der Waals surface area contributed by atoms with Gasteiger partial charge in [0.15, 0.2) is 0 Å². The van der Waals surface area contributed by atoms with Crippen molar-refractivity contribution in [1.82, 2.24) is 14.9 Å². The van der Waals surface area contributed by atoms with Crippen molar-refractivity contribution in [2.24, 2.45) is 0 Å². The second-order valence-electron chi connectivity index (χ2n) is 12.2. The normalized spacial score (nSPS) is 13.9. The molecule has 0 spiro atoms. The lowest BCUT2D eigenvalue weighted by Gasteiger charge is -2.35. The van der Waals surface area contributed by atoms with Gasteiger partial charge in [-0.2, -0.15) is 0 Å². The van der Waals surface area contributed by atoms with Gasteiger partial charge in [0, 0.05) is 47.6 Å². The molecule has 11 heteroatoms. The fraction of sp³-hybridized carbons (Fsp3) is 0.200. The van der Waals surface area contributed by atoms with E-state index in [0.717, 1.165) is 27.3 Å². The van der Waals surface area contributed by atoms with Crippen molar-refractivity contribution in [1.29, 1.82) is 0 Å². The van der Waals surface area contributed by atoms with E-state index in [0.29, 0.717) is 39.7 Å². The van der Waals surface area contributed by atoms with Crippen LogP contribution in [-0.4, -0.2) is 44.2 Å². The second-order valence-corrected chi connectivity index (χ2v) is 14.2. The number of pyridine rings is 1. The van der Waals surface area contributed by atoms with Crippen molar-refractivity contribution in [2.45, 2.75) is 25.8 Å². The second kappa shape index (κ2) is 10.2. The van der Waals surface area contributed by atoms with Crippen LogP contribution in [0.4, 0.5) is 14.5 Å². The molecule has 0 radical (unpaired) electrons. The van der Waals surface area contributed by atoms with Crippen LogP contribution >= 0.6 is 0 Å². The number of hydrogen-bond acceptors (Lipinski definition) is 5. The molecule has 8 nitrogen and oxygen atoms in total. The summed E-state index contributed by atoms with van der Waals surface area (Å²) in [6.45, 7) is 4.20. The van der Waals surface area contributed by atoms with Gasteiger partial charge in [-0.05, 0) is 80.4 Å². The van der Waals surface area contributed by atoms with Crippen LogP contribution < -0.4 is 9.62 Å². The number of amides is 1. The Kier molecular flexibility index (Phi) is 6.61. The molecule has 0 saturated heterocycles. The van der Waals surface area contributed by atoms with Crippen molar-refractivity contribution in [3.8, 4) is 34.0 Å². The molecule has 3 aromatic heterocycles. The smallest absolute Gasteiger partial charge is 0.255 e. The molecule has 1 N–H and O–H groups in total. The maximum Gasteiger partial charge on any atom is 0.255 e. The van der Waals surface area contributed by atoms with E-state index in [-0.39, 0.29) is 34.0 Å². The number of benzene rings is 3. The largest absolute Gasteiger partial charge is 0.455 e. The first-order valence-corrected chi connectivity index (χ1v) is 16.5. The Morgan fingerprint density at radius 1 is 1.02 bits per heavy atom. The lowest BCUT2D eigenvalue weighted by Crippen LogP contribution is -2.33. The van der Waals surface area contributed by atoms with Crippen molar-refractivity contribution in [3.63, 3.8) is 0 Å². The molecular formula is C35H30F2N4O4S. The van der Waals surface area contributed by atoms with Crippen molar-refractivity contribution in [2.75, 3.05) is 24.7 Å². The number of carbonyl (C=O) groups excluding carboxylic acids is 1. The highest BCUT2D eigenvalue weighted by Gasteiger charge is 2.34. The fourth-order valence-corrected chi connectivity index (χ4v) is 7.01. The van der Waals surface area contributed by atoms with Gasteiger partial charge in [0.2, 0.25) is 10.0 Å². The van der Waals surface area contributed by atoms with Gasteiger partial charge in [0.05, 0.1) is 40.1 Å². The maximum atomic E-state index is 15.0. The number of anilines is 1. The standard InChI is InChI=1S/C35H30F2N4O4S/c1-35(2)18-20-11-14-26(39-32(20)29-16-22-25(37)7-6-8-27(22)41(29)35)23-15-24-30(17-28(23)40(4)46(5,43)44)45-33(31(24)34(42)38-3)19-9-12-21(36)13-10-19/h6-17H,18H2,1-5H3,(H,38,42). The molecule has 0 saturated carbocycles. The molecule has 234 valence electrons. The van der Waals surface area contributed by atoms with Gasteiger partial charge in [-0.25, -0.2) is 22.2 Å². The highest BCUT2D eigenvalue weighted by Crippen LogP contribution is 2.45. The molecule has 7 rings (SSSR count). The SMILES string of the molecule is CNC(=O)c1c(-c2ccc(F)cc2)oc2cc(N(C)S(C)(=O)=O)c(-c3ccc4c(n3)-c3cc5c(F)cccc5n3C(C)(C)C4)cc12. The first kappa shape index (κ1) is 29.7. The zero-order valence-electron chi connectivity index (χ0n) is 25.8. The molecule has 0 fully saturated rings. The lowest BCUT2D eigenvalue weighted by molar-refractivity contribution is 0.0964. The highest BCUT2D eigenvalue weighted by atomic mass is 32.2. The van der Waals surface area contributed by atoms with Crippen LogP contribution in [0.15, 0.2) is 77.2 Å². The Labute approximate surface area is 264 Å². The van der Waals surface area contributed by atoms with Gasteiger partial charge in [-0.15, -0.1) is 0 Å². The Hall–Kier alpha value is -5.03. The number of sulfonamides is 1. The predicted octanol–water partition coefficient (Wildman–Crippen LogP) is 7.11. The highest BCUT2D eigenvalue weighted by molar-refractivity contribution is 7.92. The number of nitrogens with zero attached hydrogens (tertiary/aromatic N) is 3. The third kappa shape index (κ3) is 4.56. The summed E-state index contributed by atoms with van der Waals surface area (Å²) in [5.41, 5.74) is 4.92. The van der Waals surface area contributed by atoms with E-state index in [2.05, 4.69) is 23.7 Å². The number of carbonyl (C=O) groups is 1. The molecule has 1 aliphatic heterocycles. The van der Waals surface area contributed by atoms with Crippen molar-refractivity contribution >= 4 is 43.5 Å². The molecule has 0 aliphatic carbocycles. The molecule has 0 unspecified atom stereocenters. The summed E-state index contributed by atoms with van der Waals surface area (Å²) in [6, 6.07) is 19.5. The van der Waals surface area contributed by atoms with Gasteiger partial charge in [-0.3, -0.25) is 9.10 Å². The summed E-state index contributed by atoms with van der Waals surface area (Å²) in [5.74, 6) is -0.981. The zero-order valence-corrected chi connectivity index (χ0v) is 26.6. The van der Waals surface area contributed by atoms with Gasteiger partial charge >= 0.3 is 0 Å². The van der Waals surface area contributed by atoms with E-state index in [1.165, 1.54) is 44.4 Å². The minimum absolute atomic E-state index is 0.214. The molecular weight excluding hydrogens is 610 g/mol. The zero-order chi connectivity index (χ0) is 32.7. The average Bonchev–Trinajstić information content (AvgIpc) is 3.60. The summed E-state index contributed by atoms with van der Waals surface area (Å²) >= 11 is 0. The van der Waals surface area contributed by atoms with E-state index in [4.69, 9.17) is 9.40 Å². The topological polar surface area (TPSA) is 97.4 Å². The Balaban J connectivity index is 1.51. The van der Waals surface area contributed by atoms with Crippen molar-refractivity contribution in [3.05, 3.63) is 95.6 Å². The van der Waals surface area contributed by atoms with Gasteiger partial charge < -0.3 is 14.3 Å². The van der Waals surface area contributed by atoms with E-state index < -0.39 is 21.7 Å². The number of nitrogens with one attached hydrogen (secondary N) is 1. The fourth-order valence-electron chi connectivity index (χ4n) is 6.50. The Morgan fingerprint density at radius 3 is 2.46 bits per heavy atom. The summed E-state index contributed by atoms with van der Waals surface area (Å²) in [4.78, 5) is 18.4. The number of rotatable bonds is 5. The number of furan rings is 1. The first-order valence-electron chi connectivity index (χ1n) is 14.6. The maximum absolute atomic E-state index is 15.0. The van der Waals surface area contributed by atoms with Crippen LogP contribution in [0.5, 0.6) is 0 Å². The van der Waals surface area contributed by atoms with E-state index in [1.54, 1.807) is 18.2 Å². The van der Waals surface area contributed by atoms with Crippen molar-refractivity contribution < 1.29 is 26.4 Å². The molecule has 6 aromatic rings. The third-order valence-electron chi connectivity index (χ3n) is 8.72. The summed E-state index contributed by atoms with van der Waals surface area (Å²) in [7, 11) is -0.810. The minimum atomic E-state index is -3.74. The van der Waals surface area contributed by atoms with E-state index in [9.17, 15) is 22.0 Å². The average molecular weight is 641 g/mol. The van der Waals surface area contributed by atoms with E-state index in [1.807, 2.05) is 24.3 Å². The summed E-state index contributed by atoms with van der Waals surface area (Å²) in [5, 5.41) is 3.57. The van der Waals surface area contributed by atoms with Gasteiger partial charge in [0.25, 0.3) is 5.91 Å². The van der Waals surface area contributed by atoms with Crippen LogP contribution in [0.2, 0.25) is 0 Å². The molecule has 4 heterocycles.